The Balaban J connectivity index is 1.83. The summed E-state index contributed by atoms with van der Waals surface area (Å²) < 4.78 is 43.9. The first kappa shape index (κ1) is 33.0. The number of hydrogen-bond acceptors (Lipinski definition) is 4. The summed E-state index contributed by atoms with van der Waals surface area (Å²) in [6.07, 6.45) is 0.765. The van der Waals surface area contributed by atoms with Gasteiger partial charge in [-0.3, -0.25) is 13.9 Å². The minimum Gasteiger partial charge on any atom is -0.354 e. The van der Waals surface area contributed by atoms with E-state index in [2.05, 4.69) is 5.32 Å². The van der Waals surface area contributed by atoms with Gasteiger partial charge in [-0.05, 0) is 48.4 Å². The maximum Gasteiger partial charge on any atom is 0.264 e. The summed E-state index contributed by atoms with van der Waals surface area (Å²) >= 11 is 12.7. The molecule has 0 aromatic heterocycles. The van der Waals surface area contributed by atoms with Crippen LogP contribution in [0.2, 0.25) is 10.0 Å². The van der Waals surface area contributed by atoms with E-state index in [0.29, 0.717) is 13.0 Å². The number of benzene rings is 4. The van der Waals surface area contributed by atoms with Gasteiger partial charge in [0, 0.05) is 30.1 Å². The summed E-state index contributed by atoms with van der Waals surface area (Å²) in [6.45, 7) is 1.23. The molecular weight excluding hydrogens is 624 g/mol. The first-order chi connectivity index (χ1) is 21.1. The van der Waals surface area contributed by atoms with Crippen molar-refractivity contribution in [3.8, 4) is 0 Å². The lowest BCUT2D eigenvalue weighted by Gasteiger charge is -2.34. The molecule has 0 saturated heterocycles. The lowest BCUT2D eigenvalue weighted by molar-refractivity contribution is -0.140. The van der Waals surface area contributed by atoms with Crippen molar-refractivity contribution in [2.45, 2.75) is 37.2 Å². The smallest absolute Gasteiger partial charge is 0.264 e. The molecule has 230 valence electrons. The van der Waals surface area contributed by atoms with Crippen molar-refractivity contribution in [2.24, 2.45) is 0 Å². The van der Waals surface area contributed by atoms with Crippen molar-refractivity contribution in [1.82, 2.24) is 10.2 Å². The van der Waals surface area contributed by atoms with Crippen LogP contribution in [-0.4, -0.2) is 44.3 Å². The van der Waals surface area contributed by atoms with E-state index in [1.807, 2.05) is 37.3 Å². The summed E-state index contributed by atoms with van der Waals surface area (Å²) in [5.41, 5.74) is 0.917. The molecule has 7 nitrogen and oxygen atoms in total. The molecule has 0 aliphatic rings. The molecule has 0 fully saturated rings. The van der Waals surface area contributed by atoms with Crippen LogP contribution in [0.15, 0.2) is 108 Å². The van der Waals surface area contributed by atoms with E-state index >= 15 is 0 Å². The van der Waals surface area contributed by atoms with Crippen molar-refractivity contribution in [1.29, 1.82) is 0 Å². The highest BCUT2D eigenvalue weighted by atomic mass is 35.5. The molecule has 0 saturated carbocycles. The average Bonchev–Trinajstić information content (AvgIpc) is 3.03. The van der Waals surface area contributed by atoms with E-state index in [4.69, 9.17) is 23.2 Å². The van der Waals surface area contributed by atoms with Gasteiger partial charge in [0.15, 0.2) is 0 Å². The number of hydrogen-bond donors (Lipinski definition) is 1. The summed E-state index contributed by atoms with van der Waals surface area (Å²) in [7, 11) is -4.35. The Hall–Kier alpha value is -3.92. The number of nitrogens with one attached hydrogen (secondary N) is 1. The van der Waals surface area contributed by atoms with Crippen LogP contribution in [0.5, 0.6) is 0 Å². The second-order valence-corrected chi connectivity index (χ2v) is 12.7. The van der Waals surface area contributed by atoms with Gasteiger partial charge < -0.3 is 10.2 Å². The third-order valence-electron chi connectivity index (χ3n) is 6.91. The SMILES string of the molecule is CCCNC(=O)[C@H](Cc1ccccc1)N(Cc1ccccc1F)C(=O)CN(c1cc(Cl)ccc1Cl)S(=O)(=O)c1ccccc1. The van der Waals surface area contributed by atoms with Gasteiger partial charge in [0.05, 0.1) is 15.6 Å². The normalized spacial score (nSPS) is 11.9. The summed E-state index contributed by atoms with van der Waals surface area (Å²) in [5, 5.41) is 3.10. The Morgan fingerprint density at radius 2 is 1.52 bits per heavy atom. The van der Waals surface area contributed by atoms with Gasteiger partial charge in [0.2, 0.25) is 11.8 Å². The Kier molecular flexibility index (Phi) is 11.4. The van der Waals surface area contributed by atoms with Gasteiger partial charge in [0.25, 0.3) is 10.0 Å². The van der Waals surface area contributed by atoms with Crippen LogP contribution >= 0.6 is 23.2 Å². The minimum atomic E-state index is -4.35. The summed E-state index contributed by atoms with van der Waals surface area (Å²) in [5.74, 6) is -1.75. The molecule has 0 heterocycles. The number of nitrogens with zero attached hydrogens (tertiary/aromatic N) is 2. The second-order valence-electron chi connectivity index (χ2n) is 10.0. The van der Waals surface area contributed by atoms with Gasteiger partial charge >= 0.3 is 0 Å². The second kappa shape index (κ2) is 15.2. The van der Waals surface area contributed by atoms with Crippen molar-refractivity contribution in [3.05, 3.63) is 130 Å². The lowest BCUT2D eigenvalue weighted by Crippen LogP contribution is -2.53. The fraction of sp³-hybridized carbons (Fsp3) is 0.212. The van der Waals surface area contributed by atoms with E-state index in [-0.39, 0.29) is 39.2 Å². The van der Waals surface area contributed by atoms with Gasteiger partial charge in [-0.15, -0.1) is 0 Å². The maximum atomic E-state index is 15.0. The summed E-state index contributed by atoms with van der Waals surface area (Å²) in [4.78, 5) is 29.1. The Labute approximate surface area is 267 Å². The molecule has 0 aliphatic heterocycles. The zero-order valence-corrected chi connectivity index (χ0v) is 26.3. The molecule has 44 heavy (non-hydrogen) atoms. The van der Waals surface area contributed by atoms with E-state index in [1.165, 1.54) is 53.4 Å². The van der Waals surface area contributed by atoms with Gasteiger partial charge in [-0.1, -0.05) is 96.9 Å². The van der Waals surface area contributed by atoms with Crippen LogP contribution in [0, 0.1) is 5.82 Å². The first-order valence-electron chi connectivity index (χ1n) is 14.0. The molecule has 0 radical (unpaired) electrons. The van der Waals surface area contributed by atoms with Crippen LogP contribution in [-0.2, 0) is 32.6 Å². The van der Waals surface area contributed by atoms with E-state index in [1.54, 1.807) is 24.3 Å². The third kappa shape index (κ3) is 8.16. The molecule has 0 aliphatic carbocycles. The predicted molar refractivity (Wildman–Crippen MR) is 172 cm³/mol. The standard InChI is InChI=1S/C33H32Cl2FN3O4S/c1-2-19-37-33(41)31(20-24-11-5-3-6-12-24)38(22-25-13-9-10-16-29(25)36)32(40)23-39(30-21-26(34)17-18-28(30)35)44(42,43)27-14-7-4-8-15-27/h3-18,21,31H,2,19-20,22-23H2,1H3,(H,37,41)/t31-/m0/s1. The molecule has 4 aromatic carbocycles. The fourth-order valence-corrected chi connectivity index (χ4v) is 6.52. The monoisotopic (exact) mass is 655 g/mol. The van der Waals surface area contributed by atoms with Crippen molar-refractivity contribution in [2.75, 3.05) is 17.4 Å². The number of carbonyl (C=O) groups is 2. The highest BCUT2D eigenvalue weighted by Gasteiger charge is 2.35. The number of sulfonamides is 1. The molecule has 4 aromatic rings. The molecule has 0 spiro atoms. The van der Waals surface area contributed by atoms with E-state index in [0.717, 1.165) is 9.87 Å². The van der Waals surface area contributed by atoms with Crippen LogP contribution < -0.4 is 9.62 Å². The average molecular weight is 657 g/mol. The molecule has 2 amide bonds. The Bertz CT molecular complexity index is 1690. The molecule has 1 N–H and O–H groups in total. The molecule has 0 unspecified atom stereocenters. The van der Waals surface area contributed by atoms with Crippen LogP contribution in [0.1, 0.15) is 24.5 Å². The first-order valence-corrected chi connectivity index (χ1v) is 16.2. The van der Waals surface area contributed by atoms with Gasteiger partial charge in [-0.2, -0.15) is 0 Å². The highest BCUT2D eigenvalue weighted by molar-refractivity contribution is 7.92. The fourth-order valence-electron chi connectivity index (χ4n) is 4.64. The van der Waals surface area contributed by atoms with Crippen molar-refractivity contribution < 1.29 is 22.4 Å². The zero-order valence-electron chi connectivity index (χ0n) is 24.0. The molecular formula is C33H32Cl2FN3O4S. The number of halogens is 3. The van der Waals surface area contributed by atoms with Crippen LogP contribution in [0.4, 0.5) is 10.1 Å². The van der Waals surface area contributed by atoms with Crippen molar-refractivity contribution >= 4 is 50.7 Å². The van der Waals surface area contributed by atoms with Crippen LogP contribution in [0.3, 0.4) is 0 Å². The Morgan fingerprint density at radius 3 is 2.18 bits per heavy atom. The van der Waals surface area contributed by atoms with E-state index in [9.17, 15) is 22.4 Å². The number of anilines is 1. The molecule has 1 atom stereocenters. The summed E-state index contributed by atoms with van der Waals surface area (Å²) in [6, 6.07) is 25.8. The maximum absolute atomic E-state index is 15.0. The third-order valence-corrected chi connectivity index (χ3v) is 9.23. The lowest BCUT2D eigenvalue weighted by atomic mass is 10.0. The topological polar surface area (TPSA) is 86.8 Å². The number of rotatable bonds is 13. The Morgan fingerprint density at radius 1 is 0.886 bits per heavy atom. The van der Waals surface area contributed by atoms with Crippen LogP contribution in [0.25, 0.3) is 0 Å². The quantitative estimate of drug-likeness (QED) is 0.178. The van der Waals surface area contributed by atoms with Gasteiger partial charge in [-0.25, -0.2) is 12.8 Å². The van der Waals surface area contributed by atoms with Crippen molar-refractivity contribution in [3.63, 3.8) is 0 Å². The number of amides is 2. The molecule has 0 bridgehead atoms. The highest BCUT2D eigenvalue weighted by Crippen LogP contribution is 2.33. The minimum absolute atomic E-state index is 0.0164. The molecule has 11 heteroatoms. The number of carbonyl (C=O) groups excluding carboxylic acids is 2. The predicted octanol–water partition coefficient (Wildman–Crippen LogP) is 6.49. The van der Waals surface area contributed by atoms with E-state index < -0.39 is 40.2 Å². The molecule has 4 rings (SSSR count). The largest absolute Gasteiger partial charge is 0.354 e. The zero-order chi connectivity index (χ0) is 31.7. The van der Waals surface area contributed by atoms with Gasteiger partial charge in [0.1, 0.15) is 18.4 Å².